The van der Waals surface area contributed by atoms with E-state index in [9.17, 15) is 0 Å². The smallest absolute Gasteiger partial charge is 0.149 e. The van der Waals surface area contributed by atoms with Crippen molar-refractivity contribution in [1.82, 2.24) is 4.98 Å². The van der Waals surface area contributed by atoms with Crippen molar-refractivity contribution in [2.24, 2.45) is 0 Å². The zero-order valence-electron chi connectivity index (χ0n) is 10.8. The van der Waals surface area contributed by atoms with Crippen molar-refractivity contribution in [3.8, 4) is 0 Å². The van der Waals surface area contributed by atoms with Crippen molar-refractivity contribution < 1.29 is 0 Å². The third kappa shape index (κ3) is 3.01. The van der Waals surface area contributed by atoms with Crippen LogP contribution in [0.2, 0.25) is 0 Å². The lowest BCUT2D eigenvalue weighted by molar-refractivity contribution is 0.684. The summed E-state index contributed by atoms with van der Waals surface area (Å²) in [5.74, 6) is 0.793. The van der Waals surface area contributed by atoms with Gasteiger partial charge in [-0.05, 0) is 36.9 Å². The summed E-state index contributed by atoms with van der Waals surface area (Å²) in [6.07, 6.45) is 2.21. The Morgan fingerprint density at radius 2 is 2.22 bits per heavy atom. The predicted molar refractivity (Wildman–Crippen MR) is 79.0 cm³/mol. The summed E-state index contributed by atoms with van der Waals surface area (Å²) in [6, 6.07) is 8.37. The summed E-state index contributed by atoms with van der Waals surface area (Å²) in [4.78, 5) is 5.81. The Morgan fingerprint density at radius 1 is 1.39 bits per heavy atom. The molecule has 0 fully saturated rings. The second kappa shape index (κ2) is 5.87. The van der Waals surface area contributed by atoms with Crippen LogP contribution < -0.4 is 11.1 Å². The first-order chi connectivity index (χ1) is 8.70. The zero-order valence-corrected chi connectivity index (χ0v) is 11.6. The van der Waals surface area contributed by atoms with Crippen LogP contribution in [0.15, 0.2) is 29.6 Å². The van der Waals surface area contributed by atoms with E-state index < -0.39 is 0 Å². The number of rotatable bonds is 5. The molecule has 0 radical (unpaired) electrons. The summed E-state index contributed by atoms with van der Waals surface area (Å²) in [5.41, 5.74) is 7.65. The van der Waals surface area contributed by atoms with E-state index in [2.05, 4.69) is 34.7 Å². The highest BCUT2D eigenvalue weighted by molar-refractivity contribution is 7.10. The van der Waals surface area contributed by atoms with Crippen LogP contribution in [0, 0.1) is 6.92 Å². The maximum absolute atomic E-state index is 5.97. The minimum Gasteiger partial charge on any atom is -0.396 e. The first-order valence-corrected chi connectivity index (χ1v) is 7.11. The fraction of sp³-hybridized carbons (Fsp3) is 0.357. The van der Waals surface area contributed by atoms with E-state index >= 15 is 0 Å². The number of aryl methyl sites for hydroxylation is 1. The fourth-order valence-electron chi connectivity index (χ4n) is 1.91. The molecule has 0 aliphatic carbocycles. The molecule has 96 valence electrons. The molecular weight excluding hydrogens is 242 g/mol. The monoisotopic (exact) mass is 261 g/mol. The third-order valence-electron chi connectivity index (χ3n) is 2.84. The molecule has 0 aromatic carbocycles. The predicted octanol–water partition coefficient (Wildman–Crippen LogP) is 3.99. The molecule has 0 saturated carbocycles. The normalized spacial score (nSPS) is 12.3. The maximum atomic E-state index is 5.97. The van der Waals surface area contributed by atoms with Gasteiger partial charge in [-0.15, -0.1) is 11.3 Å². The number of hydrogen-bond acceptors (Lipinski definition) is 4. The van der Waals surface area contributed by atoms with E-state index in [1.54, 1.807) is 11.3 Å². The van der Waals surface area contributed by atoms with Crippen molar-refractivity contribution in [2.45, 2.75) is 32.7 Å². The molecule has 2 aromatic rings. The molecule has 3 nitrogen and oxygen atoms in total. The lowest BCUT2D eigenvalue weighted by atomic mass is 10.1. The Balaban J connectivity index is 2.21. The Hall–Kier alpha value is -1.55. The molecule has 4 heteroatoms. The van der Waals surface area contributed by atoms with E-state index in [0.717, 1.165) is 24.4 Å². The number of nitrogens with one attached hydrogen (secondary N) is 1. The van der Waals surface area contributed by atoms with Gasteiger partial charge < -0.3 is 11.1 Å². The first kappa shape index (κ1) is 12.9. The standard InChI is InChI=1S/C14H19N3S/c1-3-5-12(13-6-4-9-18-13)17-14-11(15)8-7-10(2)16-14/h4,6-9,12H,3,5,15H2,1-2H3,(H,16,17). The van der Waals surface area contributed by atoms with Crippen molar-refractivity contribution >= 4 is 22.8 Å². The van der Waals surface area contributed by atoms with Gasteiger partial charge in [-0.3, -0.25) is 0 Å². The maximum Gasteiger partial charge on any atom is 0.149 e. The summed E-state index contributed by atoms with van der Waals surface area (Å²) in [6.45, 7) is 4.17. The highest BCUT2D eigenvalue weighted by Crippen LogP contribution is 2.28. The molecule has 0 aliphatic heterocycles. The summed E-state index contributed by atoms with van der Waals surface area (Å²) in [5, 5.41) is 5.57. The molecular formula is C14H19N3S. The molecule has 3 N–H and O–H groups in total. The lowest BCUT2D eigenvalue weighted by Crippen LogP contribution is -2.12. The van der Waals surface area contributed by atoms with Crippen LogP contribution in [0.3, 0.4) is 0 Å². The molecule has 0 spiro atoms. The zero-order chi connectivity index (χ0) is 13.0. The molecule has 0 aliphatic rings. The first-order valence-electron chi connectivity index (χ1n) is 6.23. The van der Waals surface area contributed by atoms with Crippen LogP contribution in [0.4, 0.5) is 11.5 Å². The van der Waals surface area contributed by atoms with E-state index in [1.807, 2.05) is 19.1 Å². The van der Waals surface area contributed by atoms with Crippen LogP contribution in [0.25, 0.3) is 0 Å². The Labute approximate surface area is 112 Å². The number of thiophene rings is 1. The van der Waals surface area contributed by atoms with Gasteiger partial charge in [0.15, 0.2) is 0 Å². The summed E-state index contributed by atoms with van der Waals surface area (Å²) < 4.78 is 0. The Kier molecular flexibility index (Phi) is 4.20. The summed E-state index contributed by atoms with van der Waals surface area (Å²) >= 11 is 1.77. The minimum atomic E-state index is 0.298. The highest BCUT2D eigenvalue weighted by Gasteiger charge is 2.13. The molecule has 1 unspecified atom stereocenters. The molecule has 18 heavy (non-hydrogen) atoms. The third-order valence-corrected chi connectivity index (χ3v) is 3.83. The van der Waals surface area contributed by atoms with Crippen molar-refractivity contribution in [3.05, 3.63) is 40.2 Å². The topological polar surface area (TPSA) is 50.9 Å². The highest BCUT2D eigenvalue weighted by atomic mass is 32.1. The van der Waals surface area contributed by atoms with Gasteiger partial charge in [0.05, 0.1) is 11.7 Å². The number of nitrogens with two attached hydrogens (primary N) is 1. The van der Waals surface area contributed by atoms with E-state index in [1.165, 1.54) is 4.88 Å². The van der Waals surface area contributed by atoms with Gasteiger partial charge in [-0.2, -0.15) is 0 Å². The van der Waals surface area contributed by atoms with Crippen LogP contribution in [-0.2, 0) is 0 Å². The average molecular weight is 261 g/mol. The molecule has 0 bridgehead atoms. The summed E-state index contributed by atoms with van der Waals surface area (Å²) in [7, 11) is 0. The van der Waals surface area contributed by atoms with Crippen LogP contribution in [0.1, 0.15) is 36.4 Å². The average Bonchev–Trinajstić information content (AvgIpc) is 2.87. The van der Waals surface area contributed by atoms with Gasteiger partial charge >= 0.3 is 0 Å². The van der Waals surface area contributed by atoms with Gasteiger partial charge in [0.25, 0.3) is 0 Å². The van der Waals surface area contributed by atoms with Crippen LogP contribution >= 0.6 is 11.3 Å². The van der Waals surface area contributed by atoms with Gasteiger partial charge in [0.1, 0.15) is 5.82 Å². The molecule has 2 aromatic heterocycles. The van der Waals surface area contributed by atoms with Crippen molar-refractivity contribution in [3.63, 3.8) is 0 Å². The number of anilines is 2. The van der Waals surface area contributed by atoms with Gasteiger partial charge in [0, 0.05) is 10.6 Å². The molecule has 1 atom stereocenters. The molecule has 0 saturated heterocycles. The minimum absolute atomic E-state index is 0.298. The number of pyridine rings is 1. The van der Waals surface area contributed by atoms with Gasteiger partial charge in [-0.25, -0.2) is 4.98 Å². The van der Waals surface area contributed by atoms with Gasteiger partial charge in [0.2, 0.25) is 0 Å². The number of hydrogen-bond donors (Lipinski definition) is 2. The molecule has 2 heterocycles. The van der Waals surface area contributed by atoms with E-state index in [-0.39, 0.29) is 0 Å². The quantitative estimate of drug-likeness (QED) is 0.855. The molecule has 2 rings (SSSR count). The van der Waals surface area contributed by atoms with E-state index in [4.69, 9.17) is 5.73 Å². The Morgan fingerprint density at radius 3 is 2.89 bits per heavy atom. The van der Waals surface area contributed by atoms with Crippen LogP contribution in [-0.4, -0.2) is 4.98 Å². The number of aromatic nitrogens is 1. The SMILES string of the molecule is CCCC(Nc1nc(C)ccc1N)c1cccs1. The van der Waals surface area contributed by atoms with Gasteiger partial charge in [-0.1, -0.05) is 19.4 Å². The second-order valence-electron chi connectivity index (χ2n) is 4.39. The number of nitrogens with zero attached hydrogens (tertiary/aromatic N) is 1. The largest absolute Gasteiger partial charge is 0.396 e. The van der Waals surface area contributed by atoms with Crippen molar-refractivity contribution in [2.75, 3.05) is 11.1 Å². The van der Waals surface area contributed by atoms with Crippen LogP contribution in [0.5, 0.6) is 0 Å². The fourth-order valence-corrected chi connectivity index (χ4v) is 2.72. The molecule has 0 amide bonds. The Bertz CT molecular complexity index is 494. The van der Waals surface area contributed by atoms with Crippen molar-refractivity contribution in [1.29, 1.82) is 0 Å². The van der Waals surface area contributed by atoms with E-state index in [0.29, 0.717) is 11.7 Å². The second-order valence-corrected chi connectivity index (χ2v) is 5.37. The lowest BCUT2D eigenvalue weighted by Gasteiger charge is -2.18. The number of nitrogen functional groups attached to an aromatic ring is 1.